The van der Waals surface area contributed by atoms with Crippen molar-refractivity contribution in [3.8, 4) is 0 Å². The summed E-state index contributed by atoms with van der Waals surface area (Å²) in [6, 6.07) is 12.6. The fourth-order valence-electron chi connectivity index (χ4n) is 5.11. The summed E-state index contributed by atoms with van der Waals surface area (Å²) in [6.07, 6.45) is 2.54. The van der Waals surface area contributed by atoms with Gasteiger partial charge in [-0.05, 0) is 37.5 Å². The predicted octanol–water partition coefficient (Wildman–Crippen LogP) is 3.10. The molecule has 3 aromatic rings. The zero-order valence-electron chi connectivity index (χ0n) is 20.1. The average Bonchev–Trinajstić information content (AvgIpc) is 3.34. The topological polar surface area (TPSA) is 87.4 Å². The molecule has 0 bridgehead atoms. The first-order chi connectivity index (χ1) is 17.0. The van der Waals surface area contributed by atoms with E-state index in [4.69, 9.17) is 4.74 Å². The van der Waals surface area contributed by atoms with E-state index in [1.54, 1.807) is 16.2 Å². The van der Waals surface area contributed by atoms with Gasteiger partial charge in [-0.15, -0.1) is 0 Å². The second-order valence-electron chi connectivity index (χ2n) is 9.14. The number of benzene rings is 1. The Kier molecular flexibility index (Phi) is 6.40. The molecule has 2 aliphatic heterocycles. The molecule has 0 radical (unpaired) electrons. The molecule has 182 valence electrons. The molecule has 35 heavy (non-hydrogen) atoms. The van der Waals surface area contributed by atoms with Gasteiger partial charge in [0.25, 0.3) is 11.7 Å². The number of morpholine rings is 1. The van der Waals surface area contributed by atoms with Crippen LogP contribution in [0.2, 0.25) is 0 Å². The lowest BCUT2D eigenvalue weighted by molar-refractivity contribution is -0.140. The van der Waals surface area contributed by atoms with Gasteiger partial charge < -0.3 is 14.7 Å². The van der Waals surface area contributed by atoms with Crippen molar-refractivity contribution in [1.82, 2.24) is 19.2 Å². The minimum atomic E-state index is -0.662. The number of ether oxygens (including phenoxy) is 1. The third-order valence-corrected chi connectivity index (χ3v) is 6.88. The Morgan fingerprint density at radius 1 is 1.06 bits per heavy atom. The summed E-state index contributed by atoms with van der Waals surface area (Å²) >= 11 is 0. The maximum atomic E-state index is 13.3. The highest BCUT2D eigenvalue weighted by atomic mass is 16.5. The summed E-state index contributed by atoms with van der Waals surface area (Å²) in [6.45, 7) is 8.16. The maximum absolute atomic E-state index is 13.3. The van der Waals surface area contributed by atoms with E-state index in [1.165, 1.54) is 0 Å². The first kappa shape index (κ1) is 23.3. The highest BCUT2D eigenvalue weighted by molar-refractivity contribution is 6.46. The summed E-state index contributed by atoms with van der Waals surface area (Å²) in [5.41, 5.74) is 3.61. The lowest BCUT2D eigenvalue weighted by Crippen LogP contribution is -2.38. The molecular weight excluding hydrogens is 444 g/mol. The van der Waals surface area contributed by atoms with Gasteiger partial charge in [0.05, 0.1) is 30.5 Å². The van der Waals surface area contributed by atoms with Gasteiger partial charge in [-0.2, -0.15) is 0 Å². The molecule has 2 aliphatic rings. The van der Waals surface area contributed by atoms with Crippen molar-refractivity contribution < 1.29 is 19.4 Å². The van der Waals surface area contributed by atoms with Gasteiger partial charge in [-0.3, -0.25) is 18.9 Å². The van der Waals surface area contributed by atoms with E-state index in [9.17, 15) is 14.7 Å². The van der Waals surface area contributed by atoms with E-state index in [0.717, 1.165) is 37.2 Å². The molecular formula is C27H30N4O4. The fraction of sp³-hybridized carbons (Fsp3) is 0.370. The van der Waals surface area contributed by atoms with Crippen molar-refractivity contribution >= 4 is 23.1 Å². The summed E-state index contributed by atoms with van der Waals surface area (Å²) in [5.74, 6) is -1.43. The van der Waals surface area contributed by atoms with Crippen LogP contribution in [0.5, 0.6) is 0 Å². The third kappa shape index (κ3) is 4.24. The molecule has 8 heteroatoms. The summed E-state index contributed by atoms with van der Waals surface area (Å²) in [4.78, 5) is 35.1. The van der Waals surface area contributed by atoms with E-state index >= 15 is 0 Å². The summed E-state index contributed by atoms with van der Waals surface area (Å²) in [7, 11) is 0. The molecule has 1 atom stereocenters. The number of imidazole rings is 1. The van der Waals surface area contributed by atoms with Crippen LogP contribution in [0.3, 0.4) is 0 Å². The van der Waals surface area contributed by atoms with Crippen molar-refractivity contribution in [3.05, 3.63) is 76.7 Å². The van der Waals surface area contributed by atoms with Crippen LogP contribution in [-0.4, -0.2) is 75.4 Å². The zero-order valence-corrected chi connectivity index (χ0v) is 20.1. The number of hydrogen-bond acceptors (Lipinski definition) is 6. The van der Waals surface area contributed by atoms with Gasteiger partial charge in [0.1, 0.15) is 11.3 Å². The van der Waals surface area contributed by atoms with Gasteiger partial charge in [0.15, 0.2) is 5.76 Å². The molecule has 2 fully saturated rings. The van der Waals surface area contributed by atoms with Crippen molar-refractivity contribution in [2.24, 2.45) is 0 Å². The number of likely N-dealkylation sites (tertiary alicyclic amines) is 1. The molecule has 0 saturated carbocycles. The molecule has 1 aromatic carbocycles. The molecule has 2 aromatic heterocycles. The first-order valence-electron chi connectivity index (χ1n) is 12.1. The van der Waals surface area contributed by atoms with Crippen LogP contribution in [0.25, 0.3) is 11.4 Å². The molecule has 1 N–H and O–H groups in total. The monoisotopic (exact) mass is 474 g/mol. The van der Waals surface area contributed by atoms with Crippen LogP contribution >= 0.6 is 0 Å². The van der Waals surface area contributed by atoms with E-state index < -0.39 is 17.7 Å². The lowest BCUT2D eigenvalue weighted by Gasteiger charge is -2.29. The highest BCUT2D eigenvalue weighted by Crippen LogP contribution is 2.40. The Balaban J connectivity index is 1.55. The number of aryl methyl sites for hydroxylation is 2. The molecule has 1 amide bonds. The van der Waals surface area contributed by atoms with E-state index in [0.29, 0.717) is 36.8 Å². The molecule has 4 heterocycles. The Bertz CT molecular complexity index is 1290. The fourth-order valence-corrected chi connectivity index (χ4v) is 5.11. The van der Waals surface area contributed by atoms with Crippen molar-refractivity contribution in [1.29, 1.82) is 0 Å². The van der Waals surface area contributed by atoms with Gasteiger partial charge >= 0.3 is 0 Å². The molecule has 8 nitrogen and oxygen atoms in total. The summed E-state index contributed by atoms with van der Waals surface area (Å²) < 4.78 is 7.20. The van der Waals surface area contributed by atoms with Crippen LogP contribution < -0.4 is 0 Å². The maximum Gasteiger partial charge on any atom is 0.295 e. The normalized spacial score (nSPS) is 20.7. The van der Waals surface area contributed by atoms with E-state index in [1.807, 2.05) is 55.6 Å². The number of ketones is 1. The molecule has 0 aliphatic carbocycles. The van der Waals surface area contributed by atoms with E-state index in [-0.39, 0.29) is 11.3 Å². The van der Waals surface area contributed by atoms with Crippen LogP contribution in [0, 0.1) is 13.8 Å². The number of carbonyl (C=O) groups is 2. The molecule has 0 spiro atoms. The number of Topliss-reactive ketones (excluding diaryl/α,β-unsaturated/α-hetero) is 1. The van der Waals surface area contributed by atoms with Crippen molar-refractivity contribution in [2.75, 3.05) is 39.4 Å². The Morgan fingerprint density at radius 3 is 2.54 bits per heavy atom. The number of nitrogens with zero attached hydrogens (tertiary/aromatic N) is 4. The number of hydrogen-bond donors (Lipinski definition) is 1. The smallest absolute Gasteiger partial charge is 0.295 e. The largest absolute Gasteiger partial charge is 0.505 e. The van der Waals surface area contributed by atoms with Crippen LogP contribution in [0.1, 0.15) is 35.0 Å². The van der Waals surface area contributed by atoms with Crippen LogP contribution in [-0.2, 0) is 14.3 Å². The second-order valence-corrected chi connectivity index (χ2v) is 9.14. The summed E-state index contributed by atoms with van der Waals surface area (Å²) in [5, 5.41) is 11.5. The van der Waals surface area contributed by atoms with Crippen LogP contribution in [0.15, 0.2) is 54.2 Å². The highest BCUT2D eigenvalue weighted by Gasteiger charge is 2.46. The second kappa shape index (κ2) is 9.64. The zero-order chi connectivity index (χ0) is 24.5. The first-order valence-corrected chi connectivity index (χ1v) is 12.1. The lowest BCUT2D eigenvalue weighted by atomic mass is 9.96. The number of carbonyl (C=O) groups excluding carboxylic acids is 2. The quantitative estimate of drug-likeness (QED) is 0.336. The number of amides is 1. The number of aliphatic hydroxyl groups is 1. The number of fused-ring (bicyclic) bond motifs is 1. The number of aliphatic hydroxyl groups excluding tert-OH is 1. The molecule has 2 saturated heterocycles. The Morgan fingerprint density at radius 2 is 1.80 bits per heavy atom. The minimum Gasteiger partial charge on any atom is -0.505 e. The van der Waals surface area contributed by atoms with Crippen LogP contribution in [0.4, 0.5) is 0 Å². The van der Waals surface area contributed by atoms with Gasteiger partial charge in [0, 0.05) is 32.4 Å². The SMILES string of the molecule is Cc1nc2c(C)cccn2c1C(O)=C1C(=O)C(=O)N(CCCN2CCOCC2)[C@@H]1c1ccccc1. The number of aromatic nitrogens is 2. The Hall–Kier alpha value is -3.49. The number of rotatable bonds is 6. The van der Waals surface area contributed by atoms with Crippen molar-refractivity contribution in [3.63, 3.8) is 0 Å². The molecule has 5 rings (SSSR count). The van der Waals surface area contributed by atoms with Gasteiger partial charge in [-0.25, -0.2) is 4.98 Å². The Labute approximate surface area is 204 Å². The van der Waals surface area contributed by atoms with Gasteiger partial charge in [-0.1, -0.05) is 36.4 Å². The van der Waals surface area contributed by atoms with Gasteiger partial charge in [0.2, 0.25) is 0 Å². The third-order valence-electron chi connectivity index (χ3n) is 6.88. The minimum absolute atomic E-state index is 0.110. The average molecular weight is 475 g/mol. The van der Waals surface area contributed by atoms with E-state index in [2.05, 4.69) is 9.88 Å². The predicted molar refractivity (Wildman–Crippen MR) is 132 cm³/mol. The number of pyridine rings is 1. The standard InChI is InChI=1S/C27H30N4O4/c1-18-8-6-12-30-22(19(2)28-26(18)30)24(32)21-23(20-9-4-3-5-10-20)31(27(34)25(21)33)13-7-11-29-14-16-35-17-15-29/h3-6,8-10,12,23,32H,7,11,13-17H2,1-2H3/t23-/m1/s1. The molecule has 0 unspecified atom stereocenters. The van der Waals surface area contributed by atoms with Crippen molar-refractivity contribution in [2.45, 2.75) is 26.3 Å².